The Morgan fingerprint density at radius 3 is 2.64 bits per heavy atom. The largest absolute Gasteiger partial charge is 0.508 e. The van der Waals surface area contributed by atoms with Crippen molar-refractivity contribution >= 4 is 11.6 Å². The summed E-state index contributed by atoms with van der Waals surface area (Å²) in [7, 11) is 3.18. The first-order chi connectivity index (χ1) is 12.0. The average molecular weight is 340 g/mol. The van der Waals surface area contributed by atoms with E-state index in [1.54, 1.807) is 38.5 Å². The number of amides is 1. The monoisotopic (exact) mass is 340 g/mol. The molecule has 1 aliphatic rings. The predicted octanol–water partition coefficient (Wildman–Crippen LogP) is 3.11. The van der Waals surface area contributed by atoms with Gasteiger partial charge in [-0.05, 0) is 24.3 Å². The number of ether oxygens (including phenoxy) is 2. The minimum atomic E-state index is -0.268. The summed E-state index contributed by atoms with van der Waals surface area (Å²) in [5.74, 6) is 1.34. The molecule has 6 heteroatoms. The van der Waals surface area contributed by atoms with Crippen LogP contribution in [0.15, 0.2) is 47.6 Å². The van der Waals surface area contributed by atoms with Gasteiger partial charge in [0.1, 0.15) is 17.2 Å². The SMILES string of the molecule is COc1ccc([C@H]2CC(c3cccc(O)c3)=NN2C(C)=O)c(OC)c1. The van der Waals surface area contributed by atoms with Crippen molar-refractivity contribution < 1.29 is 19.4 Å². The lowest BCUT2D eigenvalue weighted by Gasteiger charge is -2.22. The second-order valence-electron chi connectivity index (χ2n) is 5.79. The number of methoxy groups -OCH3 is 2. The quantitative estimate of drug-likeness (QED) is 0.928. The van der Waals surface area contributed by atoms with E-state index in [1.807, 2.05) is 18.2 Å². The molecule has 0 aromatic heterocycles. The first kappa shape index (κ1) is 16.8. The van der Waals surface area contributed by atoms with Crippen LogP contribution in [0.2, 0.25) is 0 Å². The third kappa shape index (κ3) is 3.28. The molecule has 1 atom stereocenters. The molecule has 130 valence electrons. The second-order valence-corrected chi connectivity index (χ2v) is 5.79. The zero-order valence-corrected chi connectivity index (χ0v) is 14.4. The summed E-state index contributed by atoms with van der Waals surface area (Å²) < 4.78 is 10.7. The van der Waals surface area contributed by atoms with E-state index in [0.717, 1.165) is 16.8 Å². The molecule has 0 unspecified atom stereocenters. The minimum absolute atomic E-state index is 0.155. The molecule has 0 radical (unpaired) electrons. The molecule has 0 aliphatic carbocycles. The Bertz CT molecular complexity index is 832. The van der Waals surface area contributed by atoms with Gasteiger partial charge in [-0.3, -0.25) is 4.79 Å². The summed E-state index contributed by atoms with van der Waals surface area (Å²) in [4.78, 5) is 12.1. The van der Waals surface area contributed by atoms with E-state index in [2.05, 4.69) is 5.10 Å². The number of aromatic hydroxyl groups is 1. The van der Waals surface area contributed by atoms with Gasteiger partial charge in [0.2, 0.25) is 5.91 Å². The number of hydrogen-bond acceptors (Lipinski definition) is 5. The zero-order chi connectivity index (χ0) is 18.0. The van der Waals surface area contributed by atoms with Gasteiger partial charge < -0.3 is 14.6 Å². The van der Waals surface area contributed by atoms with Gasteiger partial charge in [0.25, 0.3) is 0 Å². The fourth-order valence-corrected chi connectivity index (χ4v) is 3.00. The van der Waals surface area contributed by atoms with E-state index < -0.39 is 0 Å². The lowest BCUT2D eigenvalue weighted by molar-refractivity contribution is -0.130. The van der Waals surface area contributed by atoms with Crippen LogP contribution in [0.1, 0.15) is 30.5 Å². The third-order valence-electron chi connectivity index (χ3n) is 4.21. The molecule has 0 saturated heterocycles. The molecular formula is C19H20N2O4. The molecule has 1 aliphatic heterocycles. The van der Waals surface area contributed by atoms with Crippen LogP contribution >= 0.6 is 0 Å². The molecule has 2 aromatic rings. The summed E-state index contributed by atoms with van der Waals surface area (Å²) >= 11 is 0. The Labute approximate surface area is 146 Å². The molecule has 0 bridgehead atoms. The number of rotatable bonds is 4. The summed E-state index contributed by atoms with van der Waals surface area (Å²) in [6, 6.07) is 12.1. The van der Waals surface area contributed by atoms with E-state index in [0.29, 0.717) is 17.9 Å². The lowest BCUT2D eigenvalue weighted by atomic mass is 9.97. The van der Waals surface area contributed by atoms with Crippen LogP contribution in [0.25, 0.3) is 0 Å². The van der Waals surface area contributed by atoms with Gasteiger partial charge in [-0.25, -0.2) is 5.01 Å². The van der Waals surface area contributed by atoms with Gasteiger partial charge in [-0.15, -0.1) is 0 Å². The molecule has 2 aromatic carbocycles. The molecule has 0 spiro atoms. The van der Waals surface area contributed by atoms with E-state index in [-0.39, 0.29) is 17.7 Å². The lowest BCUT2D eigenvalue weighted by Crippen LogP contribution is -2.24. The third-order valence-corrected chi connectivity index (χ3v) is 4.21. The number of phenols is 1. The maximum Gasteiger partial charge on any atom is 0.240 e. The Morgan fingerprint density at radius 1 is 1.20 bits per heavy atom. The minimum Gasteiger partial charge on any atom is -0.508 e. The van der Waals surface area contributed by atoms with E-state index in [9.17, 15) is 9.90 Å². The summed E-state index contributed by atoms with van der Waals surface area (Å²) in [5.41, 5.74) is 2.40. The molecule has 0 fully saturated rings. The number of phenolic OH excluding ortho intramolecular Hbond substituents is 1. The number of hydrogen-bond donors (Lipinski definition) is 1. The van der Waals surface area contributed by atoms with Crippen molar-refractivity contribution in [1.82, 2.24) is 5.01 Å². The predicted molar refractivity (Wildman–Crippen MR) is 94.1 cm³/mol. The van der Waals surface area contributed by atoms with Crippen molar-refractivity contribution in [3.63, 3.8) is 0 Å². The number of hydrazone groups is 1. The Balaban J connectivity index is 1.99. The maximum absolute atomic E-state index is 12.1. The average Bonchev–Trinajstić information content (AvgIpc) is 3.06. The van der Waals surface area contributed by atoms with Gasteiger partial charge in [0, 0.05) is 30.5 Å². The van der Waals surface area contributed by atoms with Crippen molar-refractivity contribution in [2.45, 2.75) is 19.4 Å². The number of carbonyl (C=O) groups excluding carboxylic acids is 1. The van der Waals surface area contributed by atoms with Crippen molar-refractivity contribution in [1.29, 1.82) is 0 Å². The molecule has 25 heavy (non-hydrogen) atoms. The molecule has 3 rings (SSSR count). The Kier molecular flexibility index (Phi) is 4.61. The highest BCUT2D eigenvalue weighted by atomic mass is 16.5. The first-order valence-corrected chi connectivity index (χ1v) is 7.92. The van der Waals surface area contributed by atoms with Gasteiger partial charge in [-0.2, -0.15) is 5.10 Å². The highest BCUT2D eigenvalue weighted by Crippen LogP contribution is 2.39. The topological polar surface area (TPSA) is 71.4 Å². The van der Waals surface area contributed by atoms with Crippen LogP contribution in [0, 0.1) is 0 Å². The highest BCUT2D eigenvalue weighted by molar-refractivity contribution is 6.03. The van der Waals surface area contributed by atoms with Crippen LogP contribution in [-0.4, -0.2) is 36.0 Å². The highest BCUT2D eigenvalue weighted by Gasteiger charge is 2.33. The smallest absolute Gasteiger partial charge is 0.240 e. The Morgan fingerprint density at radius 2 is 2.00 bits per heavy atom. The van der Waals surface area contributed by atoms with Crippen LogP contribution in [0.3, 0.4) is 0 Å². The van der Waals surface area contributed by atoms with Gasteiger partial charge in [0.05, 0.1) is 26.0 Å². The normalized spacial score (nSPS) is 16.5. The van der Waals surface area contributed by atoms with Crippen LogP contribution < -0.4 is 9.47 Å². The standard InChI is InChI=1S/C19H20N2O4/c1-12(22)21-18(16-8-7-15(24-2)10-19(16)25-3)11-17(20-21)13-5-4-6-14(23)9-13/h4-10,18,23H,11H2,1-3H3/t18-/m1/s1. The molecule has 1 heterocycles. The van der Waals surface area contributed by atoms with Crippen LogP contribution in [0.4, 0.5) is 0 Å². The first-order valence-electron chi connectivity index (χ1n) is 7.92. The summed E-state index contributed by atoms with van der Waals surface area (Å²) in [6.45, 7) is 1.48. The summed E-state index contributed by atoms with van der Waals surface area (Å²) in [6.07, 6.45) is 0.533. The molecular weight excluding hydrogens is 320 g/mol. The van der Waals surface area contributed by atoms with Crippen molar-refractivity contribution in [3.05, 3.63) is 53.6 Å². The molecule has 1 amide bonds. The molecule has 1 N–H and O–H groups in total. The zero-order valence-electron chi connectivity index (χ0n) is 14.4. The number of nitrogens with zero attached hydrogens (tertiary/aromatic N) is 2. The van der Waals surface area contributed by atoms with E-state index >= 15 is 0 Å². The fraction of sp³-hybridized carbons (Fsp3) is 0.263. The van der Waals surface area contributed by atoms with Crippen molar-refractivity contribution in [2.75, 3.05) is 14.2 Å². The van der Waals surface area contributed by atoms with Gasteiger partial charge in [0.15, 0.2) is 0 Å². The fourth-order valence-electron chi connectivity index (χ4n) is 3.00. The van der Waals surface area contributed by atoms with Gasteiger partial charge in [-0.1, -0.05) is 12.1 Å². The van der Waals surface area contributed by atoms with Crippen molar-refractivity contribution in [2.24, 2.45) is 5.10 Å². The molecule has 6 nitrogen and oxygen atoms in total. The second kappa shape index (κ2) is 6.84. The summed E-state index contributed by atoms with van der Waals surface area (Å²) in [5, 5.41) is 15.6. The maximum atomic E-state index is 12.1. The van der Waals surface area contributed by atoms with Crippen LogP contribution in [0.5, 0.6) is 17.2 Å². The number of benzene rings is 2. The van der Waals surface area contributed by atoms with Crippen LogP contribution in [-0.2, 0) is 4.79 Å². The van der Waals surface area contributed by atoms with Gasteiger partial charge >= 0.3 is 0 Å². The molecule has 0 saturated carbocycles. The van der Waals surface area contributed by atoms with E-state index in [4.69, 9.17) is 9.47 Å². The number of carbonyl (C=O) groups is 1. The van der Waals surface area contributed by atoms with E-state index in [1.165, 1.54) is 11.9 Å². The Hall–Kier alpha value is -3.02. The van der Waals surface area contributed by atoms with Crippen molar-refractivity contribution in [3.8, 4) is 17.2 Å².